The molecule has 0 radical (unpaired) electrons. The van der Waals surface area contributed by atoms with Crippen molar-refractivity contribution in [1.82, 2.24) is 15.5 Å². The van der Waals surface area contributed by atoms with Crippen LogP contribution in [-0.2, 0) is 12.2 Å². The molecule has 2 rings (SSSR count). The SMILES string of the molecule is CNC(Cc1nc(CSC(C)(C)C)no1)C1CC1. The summed E-state index contributed by atoms with van der Waals surface area (Å²) in [5.41, 5.74) is 0. The molecule has 0 aromatic carbocycles. The van der Waals surface area contributed by atoms with Gasteiger partial charge in [-0.25, -0.2) is 0 Å². The first kappa shape index (κ1) is 13.9. The Morgan fingerprint density at radius 2 is 2.17 bits per heavy atom. The molecule has 0 saturated heterocycles. The highest BCUT2D eigenvalue weighted by Crippen LogP contribution is 2.33. The Morgan fingerprint density at radius 1 is 1.44 bits per heavy atom. The van der Waals surface area contributed by atoms with Crippen molar-refractivity contribution in [1.29, 1.82) is 0 Å². The van der Waals surface area contributed by atoms with Crippen molar-refractivity contribution < 1.29 is 4.52 Å². The second kappa shape index (κ2) is 5.61. The summed E-state index contributed by atoms with van der Waals surface area (Å²) in [4.78, 5) is 4.47. The third-order valence-corrected chi connectivity index (χ3v) is 4.37. The lowest BCUT2D eigenvalue weighted by atomic mass is 10.1. The predicted molar refractivity (Wildman–Crippen MR) is 74.6 cm³/mol. The highest BCUT2D eigenvalue weighted by atomic mass is 32.2. The first-order valence-electron chi connectivity index (χ1n) is 6.60. The molecule has 1 aliphatic carbocycles. The molecule has 5 heteroatoms. The summed E-state index contributed by atoms with van der Waals surface area (Å²) in [5, 5.41) is 7.40. The van der Waals surface area contributed by atoms with E-state index in [2.05, 4.69) is 36.2 Å². The molecule has 1 aliphatic rings. The normalized spacial score (nSPS) is 18.0. The van der Waals surface area contributed by atoms with Crippen LogP contribution in [0, 0.1) is 5.92 Å². The van der Waals surface area contributed by atoms with Gasteiger partial charge in [0.25, 0.3) is 0 Å². The number of nitrogens with one attached hydrogen (secondary N) is 1. The molecular formula is C13H23N3OS. The second-order valence-electron chi connectivity index (χ2n) is 5.94. The van der Waals surface area contributed by atoms with E-state index >= 15 is 0 Å². The molecule has 1 atom stereocenters. The minimum atomic E-state index is 0.238. The first-order valence-corrected chi connectivity index (χ1v) is 7.59. The molecule has 1 heterocycles. The lowest BCUT2D eigenvalue weighted by molar-refractivity contribution is 0.349. The lowest BCUT2D eigenvalue weighted by Gasteiger charge is -2.15. The summed E-state index contributed by atoms with van der Waals surface area (Å²) in [6.07, 6.45) is 3.51. The number of hydrogen-bond donors (Lipinski definition) is 1. The molecule has 0 aliphatic heterocycles. The maximum Gasteiger partial charge on any atom is 0.228 e. The fourth-order valence-corrected chi connectivity index (χ4v) is 2.58. The molecule has 1 fully saturated rings. The van der Waals surface area contributed by atoms with Crippen LogP contribution in [0.25, 0.3) is 0 Å². The molecular weight excluding hydrogens is 246 g/mol. The average Bonchev–Trinajstić information content (AvgIpc) is 3.03. The van der Waals surface area contributed by atoms with Crippen molar-refractivity contribution in [2.45, 2.75) is 56.6 Å². The number of hydrogen-bond acceptors (Lipinski definition) is 5. The predicted octanol–water partition coefficient (Wildman–Crippen LogP) is 2.64. The molecule has 1 aromatic heterocycles. The van der Waals surface area contributed by atoms with E-state index in [1.807, 2.05) is 18.8 Å². The zero-order valence-electron chi connectivity index (χ0n) is 11.7. The molecule has 1 unspecified atom stereocenters. The molecule has 102 valence electrons. The van der Waals surface area contributed by atoms with E-state index in [1.54, 1.807) is 0 Å². The van der Waals surface area contributed by atoms with Crippen LogP contribution in [0.2, 0.25) is 0 Å². The Labute approximate surface area is 113 Å². The average molecular weight is 269 g/mol. The van der Waals surface area contributed by atoms with Gasteiger partial charge in [0, 0.05) is 17.2 Å². The van der Waals surface area contributed by atoms with Crippen molar-refractivity contribution in [2.24, 2.45) is 5.92 Å². The zero-order chi connectivity index (χ0) is 13.2. The molecule has 1 saturated carbocycles. The van der Waals surface area contributed by atoms with E-state index in [-0.39, 0.29) is 4.75 Å². The number of rotatable bonds is 6. The van der Waals surface area contributed by atoms with Gasteiger partial charge >= 0.3 is 0 Å². The topological polar surface area (TPSA) is 51.0 Å². The quantitative estimate of drug-likeness (QED) is 0.860. The lowest BCUT2D eigenvalue weighted by Crippen LogP contribution is -2.29. The van der Waals surface area contributed by atoms with Crippen molar-refractivity contribution in [3.63, 3.8) is 0 Å². The Bertz CT molecular complexity index is 382. The van der Waals surface area contributed by atoms with Gasteiger partial charge in [-0.15, -0.1) is 11.8 Å². The van der Waals surface area contributed by atoms with E-state index in [0.29, 0.717) is 6.04 Å². The summed E-state index contributed by atoms with van der Waals surface area (Å²) >= 11 is 1.84. The molecule has 4 nitrogen and oxygen atoms in total. The van der Waals surface area contributed by atoms with Gasteiger partial charge in [0.05, 0.1) is 5.75 Å². The molecule has 1 aromatic rings. The van der Waals surface area contributed by atoms with Gasteiger partial charge in [-0.3, -0.25) is 0 Å². The maximum absolute atomic E-state index is 5.33. The van der Waals surface area contributed by atoms with Crippen molar-refractivity contribution >= 4 is 11.8 Å². The Hall–Kier alpha value is -0.550. The van der Waals surface area contributed by atoms with Crippen molar-refractivity contribution in [3.05, 3.63) is 11.7 Å². The summed E-state index contributed by atoms with van der Waals surface area (Å²) in [6.45, 7) is 6.59. The van der Waals surface area contributed by atoms with Gasteiger partial charge in [-0.05, 0) is 25.8 Å². The number of thioether (sulfide) groups is 1. The van der Waals surface area contributed by atoms with Crippen LogP contribution in [0.15, 0.2) is 4.52 Å². The van der Waals surface area contributed by atoms with Gasteiger partial charge in [0.1, 0.15) is 0 Å². The molecule has 0 bridgehead atoms. The molecule has 18 heavy (non-hydrogen) atoms. The van der Waals surface area contributed by atoms with Gasteiger partial charge in [0.2, 0.25) is 5.89 Å². The second-order valence-corrected chi connectivity index (χ2v) is 7.74. The van der Waals surface area contributed by atoms with Gasteiger partial charge in [-0.2, -0.15) is 4.98 Å². The fourth-order valence-electron chi connectivity index (χ4n) is 1.90. The maximum atomic E-state index is 5.33. The smallest absolute Gasteiger partial charge is 0.228 e. The zero-order valence-corrected chi connectivity index (χ0v) is 12.5. The molecule has 0 amide bonds. The van der Waals surface area contributed by atoms with Gasteiger partial charge in [-0.1, -0.05) is 25.9 Å². The largest absolute Gasteiger partial charge is 0.339 e. The Balaban J connectivity index is 1.85. The van der Waals surface area contributed by atoms with Crippen molar-refractivity contribution in [3.8, 4) is 0 Å². The van der Waals surface area contributed by atoms with Crippen molar-refractivity contribution in [2.75, 3.05) is 7.05 Å². The van der Waals surface area contributed by atoms with Crippen LogP contribution >= 0.6 is 11.8 Å². The van der Waals surface area contributed by atoms with Crippen LogP contribution in [0.3, 0.4) is 0 Å². The van der Waals surface area contributed by atoms with Gasteiger partial charge in [0.15, 0.2) is 5.82 Å². The summed E-state index contributed by atoms with van der Waals surface area (Å²) in [7, 11) is 2.01. The fraction of sp³-hybridized carbons (Fsp3) is 0.846. The van der Waals surface area contributed by atoms with E-state index in [1.165, 1.54) is 12.8 Å². The Morgan fingerprint density at radius 3 is 2.72 bits per heavy atom. The number of nitrogens with zero attached hydrogens (tertiary/aromatic N) is 2. The monoisotopic (exact) mass is 269 g/mol. The van der Waals surface area contributed by atoms with E-state index in [0.717, 1.165) is 29.8 Å². The number of likely N-dealkylation sites (N-methyl/N-ethyl adjacent to an activating group) is 1. The summed E-state index contributed by atoms with van der Waals surface area (Å²) in [6, 6.07) is 0.494. The van der Waals surface area contributed by atoms with Crippen LogP contribution in [0.4, 0.5) is 0 Å². The van der Waals surface area contributed by atoms with Crippen LogP contribution in [-0.4, -0.2) is 28.0 Å². The summed E-state index contributed by atoms with van der Waals surface area (Å²) < 4.78 is 5.56. The highest BCUT2D eigenvalue weighted by molar-refractivity contribution is 7.99. The molecule has 1 N–H and O–H groups in total. The molecule has 0 spiro atoms. The van der Waals surface area contributed by atoms with Crippen LogP contribution in [0.5, 0.6) is 0 Å². The third-order valence-electron chi connectivity index (χ3n) is 3.10. The minimum Gasteiger partial charge on any atom is -0.339 e. The Kier molecular flexibility index (Phi) is 4.33. The first-order chi connectivity index (χ1) is 8.48. The third kappa shape index (κ3) is 4.28. The van der Waals surface area contributed by atoms with Crippen LogP contribution < -0.4 is 5.32 Å². The van der Waals surface area contributed by atoms with E-state index in [9.17, 15) is 0 Å². The van der Waals surface area contributed by atoms with Crippen LogP contribution in [0.1, 0.15) is 45.3 Å². The highest BCUT2D eigenvalue weighted by Gasteiger charge is 2.31. The van der Waals surface area contributed by atoms with E-state index in [4.69, 9.17) is 4.52 Å². The van der Waals surface area contributed by atoms with E-state index < -0.39 is 0 Å². The minimum absolute atomic E-state index is 0.238. The summed E-state index contributed by atoms with van der Waals surface area (Å²) in [5.74, 6) is 3.20. The van der Waals surface area contributed by atoms with Gasteiger partial charge < -0.3 is 9.84 Å². The standard InChI is InChI=1S/C13H23N3OS/c1-13(2,3)18-8-11-15-12(17-16-11)7-10(14-4)9-5-6-9/h9-10,14H,5-8H2,1-4H3. The number of aromatic nitrogens is 2.